The van der Waals surface area contributed by atoms with Crippen LogP contribution >= 0.6 is 22.9 Å². The van der Waals surface area contributed by atoms with Crippen molar-refractivity contribution in [3.8, 4) is 5.75 Å². The second kappa shape index (κ2) is 8.66. The molecule has 1 heterocycles. The van der Waals surface area contributed by atoms with Gasteiger partial charge in [-0.2, -0.15) is 0 Å². The molecule has 0 aliphatic carbocycles. The molecule has 136 valence electrons. The van der Waals surface area contributed by atoms with Crippen molar-refractivity contribution in [2.45, 2.75) is 24.5 Å². The number of carbonyl (C=O) groups excluding carboxylic acids is 1. The Morgan fingerprint density at radius 2 is 1.88 bits per heavy atom. The van der Waals surface area contributed by atoms with Crippen molar-refractivity contribution in [3.63, 3.8) is 0 Å². The van der Waals surface area contributed by atoms with Gasteiger partial charge in [0.05, 0.1) is 10.9 Å². The molecule has 2 aromatic rings. The Bertz CT molecular complexity index is 817. The lowest BCUT2D eigenvalue weighted by molar-refractivity contribution is 0.0945. The minimum Gasteiger partial charge on any atom is -0.494 e. The fourth-order valence-electron chi connectivity index (χ4n) is 1.79. The van der Waals surface area contributed by atoms with E-state index in [2.05, 4.69) is 19.3 Å². The van der Waals surface area contributed by atoms with E-state index in [0.29, 0.717) is 28.2 Å². The Hall–Kier alpha value is -1.61. The van der Waals surface area contributed by atoms with E-state index in [9.17, 15) is 13.2 Å². The van der Waals surface area contributed by atoms with Crippen molar-refractivity contribution in [2.24, 2.45) is 5.92 Å². The van der Waals surface area contributed by atoms with Crippen molar-refractivity contribution in [2.75, 3.05) is 6.61 Å². The molecule has 0 atom stereocenters. The second-order valence-corrected chi connectivity index (χ2v) is 9.30. The maximum Gasteiger partial charge on any atom is 0.266 e. The van der Waals surface area contributed by atoms with Gasteiger partial charge in [0.2, 0.25) is 0 Å². The summed E-state index contributed by atoms with van der Waals surface area (Å²) < 4.78 is 30.0. The Kier molecular flexibility index (Phi) is 6.83. The first-order valence-electron chi connectivity index (χ1n) is 7.58. The van der Waals surface area contributed by atoms with Gasteiger partial charge < -0.3 is 4.74 Å². The maximum absolute atomic E-state index is 12.0. The van der Waals surface area contributed by atoms with Gasteiger partial charge in [-0.1, -0.05) is 25.4 Å². The van der Waals surface area contributed by atoms with Gasteiger partial charge in [0, 0.05) is 5.56 Å². The molecule has 0 saturated carbocycles. The van der Waals surface area contributed by atoms with E-state index in [1.165, 1.54) is 12.1 Å². The Morgan fingerprint density at radius 3 is 2.44 bits per heavy atom. The molecule has 0 bridgehead atoms. The molecule has 0 aliphatic rings. The number of hydrazine groups is 1. The second-order valence-electron chi connectivity index (χ2n) is 5.67. The van der Waals surface area contributed by atoms with Crippen LogP contribution in [0.15, 0.2) is 40.6 Å². The number of benzene rings is 1. The molecule has 0 fully saturated rings. The SMILES string of the molecule is CC(C)CCOc1ccc(C(=O)NNS(=O)(=O)c2ccc(Cl)s2)cc1. The van der Waals surface area contributed by atoms with Crippen molar-refractivity contribution >= 4 is 38.9 Å². The number of amides is 1. The summed E-state index contributed by atoms with van der Waals surface area (Å²) in [6, 6.07) is 9.31. The summed E-state index contributed by atoms with van der Waals surface area (Å²) in [6.45, 7) is 4.83. The van der Waals surface area contributed by atoms with Gasteiger partial charge in [-0.3, -0.25) is 10.2 Å². The van der Waals surface area contributed by atoms with Crippen LogP contribution in [0.3, 0.4) is 0 Å². The molecule has 25 heavy (non-hydrogen) atoms. The third-order valence-corrected chi connectivity index (χ3v) is 6.16. The van der Waals surface area contributed by atoms with Crippen molar-refractivity contribution < 1.29 is 17.9 Å². The normalized spacial score (nSPS) is 11.5. The van der Waals surface area contributed by atoms with E-state index >= 15 is 0 Å². The number of thiophene rings is 1. The highest BCUT2D eigenvalue weighted by Crippen LogP contribution is 2.25. The number of ether oxygens (including phenoxy) is 1. The third kappa shape index (κ3) is 6.00. The lowest BCUT2D eigenvalue weighted by Gasteiger charge is -2.09. The van der Waals surface area contributed by atoms with Crippen LogP contribution in [0.4, 0.5) is 0 Å². The number of hydrogen-bond donors (Lipinski definition) is 2. The van der Waals surface area contributed by atoms with Crippen LogP contribution in [0.1, 0.15) is 30.6 Å². The lowest BCUT2D eigenvalue weighted by Crippen LogP contribution is -2.41. The molecule has 1 aromatic carbocycles. The van der Waals surface area contributed by atoms with E-state index in [-0.39, 0.29) is 4.21 Å². The van der Waals surface area contributed by atoms with Crippen LogP contribution < -0.4 is 15.0 Å². The fraction of sp³-hybridized carbons (Fsp3) is 0.312. The van der Waals surface area contributed by atoms with Gasteiger partial charge in [-0.15, -0.1) is 16.2 Å². The standard InChI is InChI=1S/C16H19ClN2O4S2/c1-11(2)9-10-23-13-5-3-12(4-6-13)16(20)18-19-25(21,22)15-8-7-14(17)24-15/h3-8,11,19H,9-10H2,1-2H3,(H,18,20). The average Bonchev–Trinajstić information content (AvgIpc) is 3.00. The number of sulfonamides is 1. The minimum atomic E-state index is -3.84. The van der Waals surface area contributed by atoms with Crippen LogP contribution in [0.2, 0.25) is 4.34 Å². The molecular formula is C16H19ClN2O4S2. The summed E-state index contributed by atoms with van der Waals surface area (Å²) in [4.78, 5) is 14.1. The zero-order chi connectivity index (χ0) is 18.4. The van der Waals surface area contributed by atoms with Crippen molar-refractivity contribution in [3.05, 3.63) is 46.3 Å². The highest BCUT2D eigenvalue weighted by Gasteiger charge is 2.18. The number of carbonyl (C=O) groups is 1. The Morgan fingerprint density at radius 1 is 1.20 bits per heavy atom. The molecule has 9 heteroatoms. The van der Waals surface area contributed by atoms with E-state index < -0.39 is 15.9 Å². The van der Waals surface area contributed by atoms with Gasteiger partial charge in [-0.05, 0) is 48.7 Å². The van der Waals surface area contributed by atoms with Crippen LogP contribution in [-0.2, 0) is 10.0 Å². The molecule has 2 N–H and O–H groups in total. The Labute approximate surface area is 156 Å². The smallest absolute Gasteiger partial charge is 0.266 e. The largest absolute Gasteiger partial charge is 0.494 e. The number of hydrogen-bond acceptors (Lipinski definition) is 5. The Balaban J connectivity index is 1.90. The van der Waals surface area contributed by atoms with Crippen LogP contribution in [0, 0.1) is 5.92 Å². The van der Waals surface area contributed by atoms with E-state index in [4.69, 9.17) is 16.3 Å². The predicted molar refractivity (Wildman–Crippen MR) is 98.5 cm³/mol. The van der Waals surface area contributed by atoms with Crippen LogP contribution in [-0.4, -0.2) is 20.9 Å². The molecule has 0 radical (unpaired) electrons. The summed E-state index contributed by atoms with van der Waals surface area (Å²) in [6.07, 6.45) is 0.941. The zero-order valence-corrected chi connectivity index (χ0v) is 16.2. The summed E-state index contributed by atoms with van der Waals surface area (Å²) in [5.74, 6) is 0.641. The van der Waals surface area contributed by atoms with Gasteiger partial charge in [-0.25, -0.2) is 8.42 Å². The monoisotopic (exact) mass is 402 g/mol. The molecule has 0 saturated heterocycles. The van der Waals surface area contributed by atoms with Crippen molar-refractivity contribution in [1.82, 2.24) is 10.3 Å². The van der Waals surface area contributed by atoms with Gasteiger partial charge >= 0.3 is 0 Å². The first kappa shape index (κ1) is 19.7. The number of nitrogens with one attached hydrogen (secondary N) is 2. The van der Waals surface area contributed by atoms with Crippen LogP contribution in [0.5, 0.6) is 5.75 Å². The van der Waals surface area contributed by atoms with Gasteiger partial charge in [0.25, 0.3) is 15.9 Å². The predicted octanol–water partition coefficient (Wildman–Crippen LogP) is 3.45. The number of rotatable bonds is 8. The summed E-state index contributed by atoms with van der Waals surface area (Å²) >= 11 is 6.62. The molecular weight excluding hydrogens is 384 g/mol. The molecule has 0 aliphatic heterocycles. The molecule has 1 amide bonds. The maximum atomic E-state index is 12.0. The fourth-order valence-corrected chi connectivity index (χ4v) is 4.12. The van der Waals surface area contributed by atoms with E-state index in [1.54, 1.807) is 24.3 Å². The molecule has 6 nitrogen and oxygen atoms in total. The lowest BCUT2D eigenvalue weighted by atomic mass is 10.1. The first-order valence-corrected chi connectivity index (χ1v) is 10.3. The highest BCUT2D eigenvalue weighted by molar-refractivity contribution is 7.91. The van der Waals surface area contributed by atoms with Crippen molar-refractivity contribution in [1.29, 1.82) is 0 Å². The summed E-state index contributed by atoms with van der Waals surface area (Å²) in [5, 5.41) is 0. The van der Waals surface area contributed by atoms with E-state index in [0.717, 1.165) is 17.8 Å². The van der Waals surface area contributed by atoms with E-state index in [1.807, 2.05) is 4.83 Å². The minimum absolute atomic E-state index is 0.0201. The van der Waals surface area contributed by atoms with Crippen LogP contribution in [0.25, 0.3) is 0 Å². The first-order chi connectivity index (χ1) is 11.8. The van der Waals surface area contributed by atoms with Gasteiger partial charge in [0.15, 0.2) is 0 Å². The highest BCUT2D eigenvalue weighted by atomic mass is 35.5. The third-order valence-electron chi connectivity index (χ3n) is 3.19. The quantitative estimate of drug-likeness (QED) is 0.662. The number of halogens is 1. The zero-order valence-electron chi connectivity index (χ0n) is 13.8. The topological polar surface area (TPSA) is 84.5 Å². The average molecular weight is 403 g/mol. The summed E-state index contributed by atoms with van der Waals surface area (Å²) in [5.41, 5.74) is 2.48. The summed E-state index contributed by atoms with van der Waals surface area (Å²) in [7, 11) is -3.84. The van der Waals surface area contributed by atoms with Gasteiger partial charge in [0.1, 0.15) is 9.96 Å². The molecule has 0 spiro atoms. The molecule has 2 rings (SSSR count). The molecule has 0 unspecified atom stereocenters. The molecule has 1 aromatic heterocycles.